The van der Waals surface area contributed by atoms with Crippen LogP contribution in [0.2, 0.25) is 0 Å². The molecule has 3 fully saturated rings. The Kier molecular flexibility index (Phi) is 9.39. The van der Waals surface area contributed by atoms with Crippen LogP contribution < -0.4 is 0 Å². The van der Waals surface area contributed by atoms with E-state index >= 15 is 0 Å². The van der Waals surface area contributed by atoms with Crippen molar-refractivity contribution in [3.8, 4) is 0 Å². The summed E-state index contributed by atoms with van der Waals surface area (Å²) < 4.78 is 0. The maximum Gasteiger partial charge on any atom is -0.0354 e. The maximum atomic E-state index is 2.38. The van der Waals surface area contributed by atoms with Gasteiger partial charge in [-0.05, 0) is 54.8 Å². The second kappa shape index (κ2) is 10.2. The Morgan fingerprint density at radius 2 is 0.458 bits per heavy atom. The lowest BCUT2D eigenvalue weighted by Crippen LogP contribution is -2.14. The van der Waals surface area contributed by atoms with Crippen LogP contribution in [-0.4, -0.2) is 0 Å². The number of hydrogen-bond acceptors (Lipinski definition) is 0. The van der Waals surface area contributed by atoms with Gasteiger partial charge in [0.15, 0.2) is 0 Å². The molecule has 0 nitrogen and oxygen atoms in total. The maximum absolute atomic E-state index is 2.38. The molecule has 0 bridgehead atoms. The van der Waals surface area contributed by atoms with Gasteiger partial charge in [0.1, 0.15) is 0 Å². The van der Waals surface area contributed by atoms with Crippen LogP contribution in [0.3, 0.4) is 0 Å². The van der Waals surface area contributed by atoms with Gasteiger partial charge in [0.2, 0.25) is 0 Å². The first-order valence-corrected chi connectivity index (χ1v) is 11.1. The fraction of sp³-hybridized carbons (Fsp3) is 1.00. The van der Waals surface area contributed by atoms with Gasteiger partial charge >= 0.3 is 0 Å². The molecule has 0 aromatic carbocycles. The first-order chi connectivity index (χ1) is 11.1. The van der Waals surface area contributed by atoms with Gasteiger partial charge in [-0.3, -0.25) is 0 Å². The minimum Gasteiger partial charge on any atom is -0.0599 e. The zero-order chi connectivity index (χ0) is 18.1. The van der Waals surface area contributed by atoms with Crippen LogP contribution in [0.25, 0.3) is 0 Å². The van der Waals surface area contributed by atoms with Crippen molar-refractivity contribution in [1.29, 1.82) is 0 Å². The van der Waals surface area contributed by atoms with E-state index in [1.54, 1.807) is 0 Å². The third-order valence-corrected chi connectivity index (χ3v) is 6.62. The number of rotatable bonds is 0. The van der Waals surface area contributed by atoms with Gasteiger partial charge in [-0.25, -0.2) is 0 Å². The molecule has 3 aliphatic carbocycles. The van der Waals surface area contributed by atoms with Gasteiger partial charge in [-0.15, -0.1) is 0 Å². The molecule has 3 rings (SSSR count). The summed E-state index contributed by atoms with van der Waals surface area (Å²) in [4.78, 5) is 0. The van der Waals surface area contributed by atoms with Crippen molar-refractivity contribution in [3.63, 3.8) is 0 Å². The minimum absolute atomic E-state index is 0.679. The van der Waals surface area contributed by atoms with Crippen LogP contribution in [-0.2, 0) is 0 Å². The molecular weight excluding hydrogens is 288 g/mol. The van der Waals surface area contributed by atoms with Crippen LogP contribution in [0.15, 0.2) is 0 Å². The van der Waals surface area contributed by atoms with E-state index in [0.29, 0.717) is 16.2 Å². The molecule has 0 amide bonds. The quantitative estimate of drug-likeness (QED) is 0.414. The van der Waals surface area contributed by atoms with Crippen LogP contribution in [0, 0.1) is 16.2 Å². The van der Waals surface area contributed by atoms with Gasteiger partial charge in [0, 0.05) is 0 Å². The van der Waals surface area contributed by atoms with Crippen LogP contribution in [0.1, 0.15) is 138 Å². The normalized spacial score (nSPS) is 27.8. The van der Waals surface area contributed by atoms with Gasteiger partial charge in [-0.1, -0.05) is 99.3 Å². The summed E-state index contributed by atoms with van der Waals surface area (Å²) >= 11 is 0. The standard InChI is InChI=1S/3C8H16/c3*1-8(2)6-4-3-5-7-8/h3*3-7H2,1-2H3. The molecule has 24 heavy (non-hydrogen) atoms. The van der Waals surface area contributed by atoms with Crippen molar-refractivity contribution >= 4 is 0 Å². The van der Waals surface area contributed by atoms with Crippen molar-refractivity contribution in [2.45, 2.75) is 138 Å². The SMILES string of the molecule is CC1(C)CCCCC1.CC1(C)CCCCC1.CC1(C)CCCCC1. The highest BCUT2D eigenvalue weighted by atomic mass is 14.3. The Balaban J connectivity index is 0.000000180. The van der Waals surface area contributed by atoms with Gasteiger partial charge in [0.05, 0.1) is 0 Å². The van der Waals surface area contributed by atoms with E-state index in [2.05, 4.69) is 41.5 Å². The lowest BCUT2D eigenvalue weighted by atomic mass is 9.78. The fourth-order valence-corrected chi connectivity index (χ4v) is 4.53. The summed E-state index contributed by atoms with van der Waals surface area (Å²) in [5, 5.41) is 0. The predicted molar refractivity (Wildman–Crippen MR) is 111 cm³/mol. The topological polar surface area (TPSA) is 0 Å². The Bertz CT molecular complexity index is 245. The van der Waals surface area contributed by atoms with E-state index in [-0.39, 0.29) is 0 Å². The Labute approximate surface area is 154 Å². The van der Waals surface area contributed by atoms with Gasteiger partial charge in [0.25, 0.3) is 0 Å². The van der Waals surface area contributed by atoms with Crippen molar-refractivity contribution in [2.24, 2.45) is 16.2 Å². The zero-order valence-electron chi connectivity index (χ0n) is 18.1. The fourth-order valence-electron chi connectivity index (χ4n) is 4.53. The molecule has 0 heteroatoms. The van der Waals surface area contributed by atoms with E-state index < -0.39 is 0 Å². The molecule has 0 spiro atoms. The summed E-state index contributed by atoms with van der Waals surface area (Å²) in [6.45, 7) is 14.3. The monoisotopic (exact) mass is 336 g/mol. The molecular formula is C24H48. The largest absolute Gasteiger partial charge is 0.0599 e. The Morgan fingerprint density at radius 3 is 0.542 bits per heavy atom. The average molecular weight is 337 g/mol. The Morgan fingerprint density at radius 1 is 0.292 bits per heavy atom. The van der Waals surface area contributed by atoms with Gasteiger partial charge < -0.3 is 0 Å². The predicted octanol–water partition coefficient (Wildman–Crippen LogP) is 8.93. The molecule has 0 aromatic rings. The molecule has 0 N–H and O–H groups in total. The second-order valence-corrected chi connectivity index (χ2v) is 11.2. The van der Waals surface area contributed by atoms with Crippen LogP contribution >= 0.6 is 0 Å². The van der Waals surface area contributed by atoms with Crippen molar-refractivity contribution in [2.75, 3.05) is 0 Å². The van der Waals surface area contributed by atoms with Crippen molar-refractivity contribution in [3.05, 3.63) is 0 Å². The number of hydrogen-bond donors (Lipinski definition) is 0. The summed E-state index contributed by atoms with van der Waals surface area (Å²) in [6, 6.07) is 0. The van der Waals surface area contributed by atoms with E-state index in [4.69, 9.17) is 0 Å². The second-order valence-electron chi connectivity index (χ2n) is 11.2. The van der Waals surface area contributed by atoms with Crippen LogP contribution in [0.4, 0.5) is 0 Å². The minimum atomic E-state index is 0.679. The average Bonchev–Trinajstić information content (AvgIpc) is 2.48. The Hall–Kier alpha value is 0. The third kappa shape index (κ3) is 10.8. The van der Waals surface area contributed by atoms with E-state index in [1.165, 1.54) is 96.3 Å². The highest BCUT2D eigenvalue weighted by molar-refractivity contribution is 4.74. The van der Waals surface area contributed by atoms with E-state index in [9.17, 15) is 0 Å². The molecule has 3 saturated carbocycles. The molecule has 0 atom stereocenters. The molecule has 144 valence electrons. The van der Waals surface area contributed by atoms with Crippen molar-refractivity contribution in [1.82, 2.24) is 0 Å². The summed E-state index contributed by atoms with van der Waals surface area (Å²) in [5.41, 5.74) is 2.04. The van der Waals surface area contributed by atoms with Crippen molar-refractivity contribution < 1.29 is 0 Å². The van der Waals surface area contributed by atoms with Gasteiger partial charge in [-0.2, -0.15) is 0 Å². The lowest BCUT2D eigenvalue weighted by Gasteiger charge is -2.28. The summed E-state index contributed by atoms with van der Waals surface area (Å²) in [7, 11) is 0. The van der Waals surface area contributed by atoms with E-state index in [1.807, 2.05) is 0 Å². The molecule has 0 saturated heterocycles. The molecule has 3 aliphatic rings. The smallest absolute Gasteiger partial charge is 0.0354 e. The first-order valence-electron chi connectivity index (χ1n) is 11.1. The molecule has 0 heterocycles. The first kappa shape index (κ1) is 22.0. The molecule has 0 aromatic heterocycles. The third-order valence-electron chi connectivity index (χ3n) is 6.62. The molecule has 0 aliphatic heterocycles. The zero-order valence-corrected chi connectivity index (χ0v) is 18.1. The summed E-state index contributed by atoms with van der Waals surface area (Å²) in [5.74, 6) is 0. The van der Waals surface area contributed by atoms with Crippen LogP contribution in [0.5, 0.6) is 0 Å². The summed E-state index contributed by atoms with van der Waals surface area (Å²) in [6.07, 6.45) is 21.9. The lowest BCUT2D eigenvalue weighted by molar-refractivity contribution is 0.244. The van der Waals surface area contributed by atoms with E-state index in [0.717, 1.165) is 0 Å². The highest BCUT2D eigenvalue weighted by Crippen LogP contribution is 2.35. The molecule has 0 radical (unpaired) electrons. The highest BCUT2D eigenvalue weighted by Gasteiger charge is 2.21. The molecule has 0 unspecified atom stereocenters.